The normalized spacial score (nSPS) is 13.8. The number of aliphatic hydroxyl groups is 1. The molecule has 1 rings (SSSR count). The molecule has 82 valence electrons. The second-order valence-corrected chi connectivity index (χ2v) is 4.37. The van der Waals surface area contributed by atoms with Crippen LogP contribution in [0.5, 0.6) is 5.75 Å². The van der Waals surface area contributed by atoms with Crippen molar-refractivity contribution in [1.29, 1.82) is 0 Å². The van der Waals surface area contributed by atoms with Crippen molar-refractivity contribution in [3.63, 3.8) is 0 Å². The Bertz CT molecular complexity index is 370. The summed E-state index contributed by atoms with van der Waals surface area (Å²) in [4.78, 5) is 0. The molecule has 0 fully saturated rings. The third-order valence-corrected chi connectivity index (χ3v) is 2.73. The molecular weight excluding hydrogens is 256 g/mol. The van der Waals surface area contributed by atoms with Gasteiger partial charge in [0.05, 0.1) is 13.2 Å². The third kappa shape index (κ3) is 3.36. The van der Waals surface area contributed by atoms with E-state index in [4.69, 9.17) is 4.74 Å². The smallest absolute Gasteiger partial charge is 0.126 e. The van der Waals surface area contributed by atoms with E-state index in [9.17, 15) is 5.11 Å². The van der Waals surface area contributed by atoms with Gasteiger partial charge in [-0.1, -0.05) is 15.9 Å². The quantitative estimate of drug-likeness (QED) is 0.914. The minimum absolute atomic E-state index is 0.436. The SMILES string of the molecule is COc1ccc(Br)cc1/C=C(/C)C(C)O. The van der Waals surface area contributed by atoms with Crippen LogP contribution < -0.4 is 4.74 Å². The van der Waals surface area contributed by atoms with E-state index in [1.165, 1.54) is 0 Å². The molecule has 0 saturated carbocycles. The van der Waals surface area contributed by atoms with Gasteiger partial charge in [-0.25, -0.2) is 0 Å². The minimum Gasteiger partial charge on any atom is -0.496 e. The molecule has 1 unspecified atom stereocenters. The molecule has 1 aromatic rings. The van der Waals surface area contributed by atoms with Gasteiger partial charge in [0.2, 0.25) is 0 Å². The molecule has 0 amide bonds. The summed E-state index contributed by atoms with van der Waals surface area (Å²) in [5.74, 6) is 0.804. The van der Waals surface area contributed by atoms with E-state index in [1.807, 2.05) is 31.2 Å². The predicted molar refractivity (Wildman–Crippen MR) is 66.0 cm³/mol. The Balaban J connectivity index is 3.12. The molecule has 0 aliphatic heterocycles. The number of hydrogen-bond acceptors (Lipinski definition) is 2. The summed E-state index contributed by atoms with van der Waals surface area (Å²) in [7, 11) is 1.64. The molecule has 0 radical (unpaired) electrons. The molecule has 0 aromatic heterocycles. The van der Waals surface area contributed by atoms with E-state index in [2.05, 4.69) is 15.9 Å². The highest BCUT2D eigenvalue weighted by atomic mass is 79.9. The second-order valence-electron chi connectivity index (χ2n) is 3.45. The number of halogens is 1. The summed E-state index contributed by atoms with van der Waals surface area (Å²) >= 11 is 3.41. The zero-order valence-corrected chi connectivity index (χ0v) is 10.7. The molecule has 0 aliphatic rings. The topological polar surface area (TPSA) is 29.5 Å². The van der Waals surface area contributed by atoms with Crippen LogP contribution in [-0.2, 0) is 0 Å². The third-order valence-electron chi connectivity index (χ3n) is 2.23. The Morgan fingerprint density at radius 3 is 2.73 bits per heavy atom. The van der Waals surface area contributed by atoms with Crippen LogP contribution >= 0.6 is 15.9 Å². The number of methoxy groups -OCH3 is 1. The van der Waals surface area contributed by atoms with Crippen molar-refractivity contribution in [2.45, 2.75) is 20.0 Å². The highest BCUT2D eigenvalue weighted by Crippen LogP contribution is 2.25. The van der Waals surface area contributed by atoms with Gasteiger partial charge in [-0.3, -0.25) is 0 Å². The van der Waals surface area contributed by atoms with Crippen LogP contribution in [0.1, 0.15) is 19.4 Å². The summed E-state index contributed by atoms with van der Waals surface area (Å²) in [5, 5.41) is 9.39. The minimum atomic E-state index is -0.436. The van der Waals surface area contributed by atoms with Crippen molar-refractivity contribution >= 4 is 22.0 Å². The van der Waals surface area contributed by atoms with Gasteiger partial charge in [-0.05, 0) is 43.7 Å². The molecule has 0 saturated heterocycles. The lowest BCUT2D eigenvalue weighted by Crippen LogP contribution is -2.00. The average Bonchev–Trinajstić information content (AvgIpc) is 2.18. The number of hydrogen-bond donors (Lipinski definition) is 1. The van der Waals surface area contributed by atoms with Crippen molar-refractivity contribution in [2.24, 2.45) is 0 Å². The van der Waals surface area contributed by atoms with Crippen LogP contribution in [0, 0.1) is 0 Å². The lowest BCUT2D eigenvalue weighted by atomic mass is 10.1. The maximum Gasteiger partial charge on any atom is 0.126 e. The van der Waals surface area contributed by atoms with Gasteiger partial charge in [-0.2, -0.15) is 0 Å². The van der Waals surface area contributed by atoms with Gasteiger partial charge in [0.25, 0.3) is 0 Å². The van der Waals surface area contributed by atoms with E-state index in [-0.39, 0.29) is 0 Å². The Hall–Kier alpha value is -0.800. The molecular formula is C12H15BrO2. The Kier molecular flexibility index (Phi) is 4.36. The molecule has 15 heavy (non-hydrogen) atoms. The monoisotopic (exact) mass is 270 g/mol. The number of rotatable bonds is 3. The van der Waals surface area contributed by atoms with Crippen LogP contribution in [0.15, 0.2) is 28.2 Å². The zero-order chi connectivity index (χ0) is 11.4. The molecule has 0 aliphatic carbocycles. The number of benzene rings is 1. The lowest BCUT2D eigenvalue weighted by Gasteiger charge is -2.08. The van der Waals surface area contributed by atoms with Crippen molar-refractivity contribution in [1.82, 2.24) is 0 Å². The standard InChI is InChI=1S/C12H15BrO2/c1-8(9(2)14)6-10-7-11(13)4-5-12(10)15-3/h4-7,9,14H,1-3H3/b8-6-. The molecule has 2 nitrogen and oxygen atoms in total. The molecule has 3 heteroatoms. The fourth-order valence-electron chi connectivity index (χ4n) is 1.18. The molecule has 1 atom stereocenters. The summed E-state index contributed by atoms with van der Waals surface area (Å²) in [5.41, 5.74) is 1.87. The summed E-state index contributed by atoms with van der Waals surface area (Å²) < 4.78 is 6.23. The zero-order valence-electron chi connectivity index (χ0n) is 9.12. The fraction of sp³-hybridized carbons (Fsp3) is 0.333. The highest BCUT2D eigenvalue weighted by Gasteiger charge is 2.03. The molecule has 0 spiro atoms. The van der Waals surface area contributed by atoms with Gasteiger partial charge >= 0.3 is 0 Å². The first-order chi connectivity index (χ1) is 7.04. The second kappa shape index (κ2) is 5.33. The summed E-state index contributed by atoms with van der Waals surface area (Å²) in [6.07, 6.45) is 1.49. The molecule has 0 bridgehead atoms. The number of ether oxygens (including phenoxy) is 1. The molecule has 1 N–H and O–H groups in total. The van der Waals surface area contributed by atoms with E-state index in [0.717, 1.165) is 21.4 Å². The van der Waals surface area contributed by atoms with Gasteiger partial charge in [0.15, 0.2) is 0 Å². The van der Waals surface area contributed by atoms with E-state index >= 15 is 0 Å². The maximum atomic E-state index is 9.39. The molecule has 1 aromatic carbocycles. The highest BCUT2D eigenvalue weighted by molar-refractivity contribution is 9.10. The number of aliphatic hydroxyl groups excluding tert-OH is 1. The van der Waals surface area contributed by atoms with Gasteiger partial charge in [-0.15, -0.1) is 0 Å². The van der Waals surface area contributed by atoms with Gasteiger partial charge in [0.1, 0.15) is 5.75 Å². The fourth-order valence-corrected chi connectivity index (χ4v) is 1.56. The summed E-state index contributed by atoms with van der Waals surface area (Å²) in [6, 6.07) is 5.78. The van der Waals surface area contributed by atoms with Crippen LogP contribution in [0.4, 0.5) is 0 Å². The van der Waals surface area contributed by atoms with Crippen LogP contribution in [0.2, 0.25) is 0 Å². The van der Waals surface area contributed by atoms with E-state index in [0.29, 0.717) is 0 Å². The van der Waals surface area contributed by atoms with Crippen molar-refractivity contribution in [2.75, 3.05) is 7.11 Å². The van der Waals surface area contributed by atoms with Gasteiger partial charge in [0, 0.05) is 10.0 Å². The first-order valence-electron chi connectivity index (χ1n) is 4.74. The first kappa shape index (κ1) is 12.3. The van der Waals surface area contributed by atoms with Crippen molar-refractivity contribution < 1.29 is 9.84 Å². The predicted octanol–water partition coefficient (Wildman–Crippen LogP) is 3.24. The van der Waals surface area contributed by atoms with Gasteiger partial charge < -0.3 is 9.84 Å². The van der Waals surface area contributed by atoms with Crippen LogP contribution in [0.25, 0.3) is 6.08 Å². The summed E-state index contributed by atoms with van der Waals surface area (Å²) in [6.45, 7) is 3.64. The Labute approximate surface area is 98.7 Å². The first-order valence-corrected chi connectivity index (χ1v) is 5.53. The van der Waals surface area contributed by atoms with E-state index < -0.39 is 6.10 Å². The van der Waals surface area contributed by atoms with Crippen molar-refractivity contribution in [3.8, 4) is 5.75 Å². The van der Waals surface area contributed by atoms with Crippen LogP contribution in [0.3, 0.4) is 0 Å². The Morgan fingerprint density at radius 1 is 1.53 bits per heavy atom. The maximum absolute atomic E-state index is 9.39. The average molecular weight is 271 g/mol. The van der Waals surface area contributed by atoms with Crippen LogP contribution in [-0.4, -0.2) is 18.3 Å². The Morgan fingerprint density at radius 2 is 2.20 bits per heavy atom. The van der Waals surface area contributed by atoms with Crippen molar-refractivity contribution in [3.05, 3.63) is 33.8 Å². The molecule has 0 heterocycles. The lowest BCUT2D eigenvalue weighted by molar-refractivity contribution is 0.232. The van der Waals surface area contributed by atoms with E-state index in [1.54, 1.807) is 14.0 Å². The largest absolute Gasteiger partial charge is 0.496 e.